The largest absolute Gasteiger partial charge is 0.378 e. The Kier molecular flexibility index (Phi) is 7.39. The van der Waals surface area contributed by atoms with E-state index in [4.69, 9.17) is 0 Å². The van der Waals surface area contributed by atoms with Crippen molar-refractivity contribution in [2.75, 3.05) is 32.1 Å². The molecule has 7 nitrogen and oxygen atoms in total. The molecule has 2 aromatic carbocycles. The Morgan fingerprint density at radius 3 is 2.00 bits per heavy atom. The van der Waals surface area contributed by atoms with Gasteiger partial charge in [-0.05, 0) is 43.7 Å². The zero-order chi connectivity index (χ0) is 21.6. The number of carbonyl (C=O) groups is 2. The van der Waals surface area contributed by atoms with Crippen LogP contribution < -0.4 is 15.5 Å². The van der Waals surface area contributed by atoms with Crippen LogP contribution >= 0.6 is 0 Å². The van der Waals surface area contributed by atoms with Crippen LogP contribution in [0, 0.1) is 6.92 Å². The van der Waals surface area contributed by atoms with Gasteiger partial charge in [-0.15, -0.1) is 0 Å². The van der Waals surface area contributed by atoms with Gasteiger partial charge in [-0.2, -0.15) is 0 Å². The maximum Gasteiger partial charge on any atom is 0.309 e. The molecule has 0 aliphatic carbocycles. The third-order valence-corrected chi connectivity index (χ3v) is 6.61. The standard InChI is InChI=1S/C21H27N3O4S/c1-5-22-20(25)21(26)23-14-19(16-8-10-17(11-9-16)24(3)4)29(27,28)18-12-6-15(2)7-13-18/h6-13,19H,5,14H2,1-4H3,(H,22,25)(H,23,26)/t19-/m0/s1. The van der Waals surface area contributed by atoms with E-state index >= 15 is 0 Å². The lowest BCUT2D eigenvalue weighted by Gasteiger charge is -2.20. The van der Waals surface area contributed by atoms with E-state index in [-0.39, 0.29) is 11.4 Å². The third-order valence-electron chi connectivity index (χ3n) is 4.50. The van der Waals surface area contributed by atoms with E-state index in [9.17, 15) is 18.0 Å². The second-order valence-electron chi connectivity index (χ2n) is 6.90. The second-order valence-corrected chi connectivity index (χ2v) is 9.03. The maximum absolute atomic E-state index is 13.3. The smallest absolute Gasteiger partial charge is 0.309 e. The van der Waals surface area contributed by atoms with Crippen LogP contribution in [0.2, 0.25) is 0 Å². The molecule has 2 rings (SSSR count). The van der Waals surface area contributed by atoms with Gasteiger partial charge < -0.3 is 15.5 Å². The Balaban J connectivity index is 2.38. The number of sulfone groups is 1. The van der Waals surface area contributed by atoms with Gasteiger partial charge in [0.15, 0.2) is 9.84 Å². The topological polar surface area (TPSA) is 95.6 Å². The van der Waals surface area contributed by atoms with Crippen molar-refractivity contribution in [1.29, 1.82) is 0 Å². The molecule has 8 heteroatoms. The van der Waals surface area contributed by atoms with Gasteiger partial charge in [-0.25, -0.2) is 8.42 Å². The van der Waals surface area contributed by atoms with Crippen LogP contribution in [0.25, 0.3) is 0 Å². The van der Waals surface area contributed by atoms with Gasteiger partial charge in [0.25, 0.3) is 0 Å². The summed E-state index contributed by atoms with van der Waals surface area (Å²) in [6, 6.07) is 13.7. The van der Waals surface area contributed by atoms with Gasteiger partial charge in [0.1, 0.15) is 5.25 Å². The number of hydrogen-bond donors (Lipinski definition) is 2. The second kappa shape index (κ2) is 9.56. The molecule has 0 saturated carbocycles. The Morgan fingerprint density at radius 2 is 1.48 bits per heavy atom. The van der Waals surface area contributed by atoms with E-state index in [1.807, 2.05) is 38.1 Å². The van der Waals surface area contributed by atoms with Crippen molar-refractivity contribution < 1.29 is 18.0 Å². The summed E-state index contributed by atoms with van der Waals surface area (Å²) in [6.45, 7) is 3.67. The SMILES string of the molecule is CCNC(=O)C(=O)NC[C@@H](c1ccc(N(C)C)cc1)S(=O)(=O)c1ccc(C)cc1. The van der Waals surface area contributed by atoms with Crippen LogP contribution in [-0.2, 0) is 19.4 Å². The highest BCUT2D eigenvalue weighted by Gasteiger charge is 2.30. The first-order chi connectivity index (χ1) is 13.7. The number of carbonyl (C=O) groups excluding carboxylic acids is 2. The molecule has 2 N–H and O–H groups in total. The molecule has 0 aliphatic heterocycles. The first-order valence-corrected chi connectivity index (χ1v) is 10.8. The molecule has 0 spiro atoms. The quantitative estimate of drug-likeness (QED) is 0.670. The summed E-state index contributed by atoms with van der Waals surface area (Å²) in [5.74, 6) is -1.65. The number of benzene rings is 2. The van der Waals surface area contributed by atoms with Crippen LogP contribution in [0.4, 0.5) is 5.69 Å². The highest BCUT2D eigenvalue weighted by molar-refractivity contribution is 7.91. The van der Waals surface area contributed by atoms with E-state index in [1.54, 1.807) is 43.3 Å². The minimum Gasteiger partial charge on any atom is -0.378 e. The molecule has 0 bridgehead atoms. The van der Waals surface area contributed by atoms with Crippen molar-refractivity contribution in [3.63, 3.8) is 0 Å². The van der Waals surface area contributed by atoms with Crippen LogP contribution in [0.3, 0.4) is 0 Å². The summed E-state index contributed by atoms with van der Waals surface area (Å²) in [6.07, 6.45) is 0. The predicted molar refractivity (Wildman–Crippen MR) is 114 cm³/mol. The lowest BCUT2D eigenvalue weighted by atomic mass is 10.1. The van der Waals surface area contributed by atoms with Crippen molar-refractivity contribution in [3.05, 3.63) is 59.7 Å². The molecule has 1 atom stereocenters. The molecule has 2 aromatic rings. The van der Waals surface area contributed by atoms with E-state index in [0.29, 0.717) is 12.1 Å². The number of anilines is 1. The summed E-state index contributed by atoms with van der Waals surface area (Å²) in [4.78, 5) is 25.8. The molecule has 29 heavy (non-hydrogen) atoms. The number of hydrogen-bond acceptors (Lipinski definition) is 5. The van der Waals surface area contributed by atoms with Gasteiger partial charge in [0.05, 0.1) is 4.90 Å². The number of nitrogens with zero attached hydrogens (tertiary/aromatic N) is 1. The van der Waals surface area contributed by atoms with Crippen LogP contribution in [0.15, 0.2) is 53.4 Å². The van der Waals surface area contributed by atoms with Gasteiger partial charge in [-0.3, -0.25) is 9.59 Å². The van der Waals surface area contributed by atoms with Crippen LogP contribution in [0.5, 0.6) is 0 Å². The number of rotatable bonds is 7. The molecule has 0 heterocycles. The number of nitrogens with one attached hydrogen (secondary N) is 2. The lowest BCUT2D eigenvalue weighted by molar-refractivity contribution is -0.139. The van der Waals surface area contributed by atoms with Gasteiger partial charge >= 0.3 is 11.8 Å². The fraction of sp³-hybridized carbons (Fsp3) is 0.333. The minimum atomic E-state index is -3.80. The third kappa shape index (κ3) is 5.57. The van der Waals surface area contributed by atoms with Crippen LogP contribution in [-0.4, -0.2) is 47.4 Å². The Hall–Kier alpha value is -2.87. The van der Waals surface area contributed by atoms with Crippen molar-refractivity contribution in [2.45, 2.75) is 24.0 Å². The average Bonchev–Trinajstić information content (AvgIpc) is 2.68. The van der Waals surface area contributed by atoms with Crippen molar-refractivity contribution in [1.82, 2.24) is 10.6 Å². The molecule has 2 amide bonds. The minimum absolute atomic E-state index is 0.164. The van der Waals surface area contributed by atoms with E-state index in [2.05, 4.69) is 10.6 Å². The molecule has 0 aromatic heterocycles. The monoisotopic (exact) mass is 417 g/mol. The van der Waals surface area contributed by atoms with Gasteiger partial charge in [0.2, 0.25) is 0 Å². The Morgan fingerprint density at radius 1 is 0.931 bits per heavy atom. The number of likely N-dealkylation sites (N-methyl/N-ethyl adjacent to an activating group) is 1. The lowest BCUT2D eigenvalue weighted by Crippen LogP contribution is -2.42. The summed E-state index contributed by atoms with van der Waals surface area (Å²) in [7, 11) is -0.0157. The Labute approximate surface area is 172 Å². The molecule has 0 radical (unpaired) electrons. The molecule has 0 aliphatic rings. The molecular weight excluding hydrogens is 390 g/mol. The molecule has 0 unspecified atom stereocenters. The van der Waals surface area contributed by atoms with E-state index in [0.717, 1.165) is 11.3 Å². The predicted octanol–water partition coefficient (Wildman–Crippen LogP) is 1.83. The normalized spacial score (nSPS) is 12.1. The number of amides is 2. The molecular formula is C21H27N3O4S. The van der Waals surface area contributed by atoms with Gasteiger partial charge in [0, 0.05) is 32.9 Å². The first kappa shape index (κ1) is 22.4. The Bertz CT molecular complexity index is 952. The molecule has 0 saturated heterocycles. The van der Waals surface area contributed by atoms with Crippen molar-refractivity contribution in [2.24, 2.45) is 0 Å². The first-order valence-electron chi connectivity index (χ1n) is 9.30. The summed E-state index contributed by atoms with van der Waals surface area (Å²) >= 11 is 0. The van der Waals surface area contributed by atoms with Crippen LogP contribution in [0.1, 0.15) is 23.3 Å². The molecule has 156 valence electrons. The fourth-order valence-corrected chi connectivity index (χ4v) is 4.45. The maximum atomic E-state index is 13.3. The summed E-state index contributed by atoms with van der Waals surface area (Å²) in [5.41, 5.74) is 2.40. The fourth-order valence-electron chi connectivity index (χ4n) is 2.79. The van der Waals surface area contributed by atoms with E-state index in [1.165, 1.54) is 0 Å². The van der Waals surface area contributed by atoms with Crippen molar-refractivity contribution >= 4 is 27.3 Å². The molecule has 0 fully saturated rings. The highest BCUT2D eigenvalue weighted by atomic mass is 32.2. The summed E-state index contributed by atoms with van der Waals surface area (Å²) < 4.78 is 26.6. The summed E-state index contributed by atoms with van der Waals surface area (Å²) in [5, 5.41) is 3.82. The van der Waals surface area contributed by atoms with Gasteiger partial charge in [-0.1, -0.05) is 29.8 Å². The number of aryl methyl sites for hydroxylation is 1. The zero-order valence-electron chi connectivity index (χ0n) is 17.1. The zero-order valence-corrected chi connectivity index (χ0v) is 17.9. The highest BCUT2D eigenvalue weighted by Crippen LogP contribution is 2.30. The van der Waals surface area contributed by atoms with E-state index < -0.39 is 26.9 Å². The average molecular weight is 418 g/mol. The van der Waals surface area contributed by atoms with Crippen molar-refractivity contribution in [3.8, 4) is 0 Å².